The van der Waals surface area contributed by atoms with Crippen LogP contribution in [0.5, 0.6) is 0 Å². The maximum atomic E-state index is 9.26. The van der Waals surface area contributed by atoms with Crippen molar-refractivity contribution in [1.29, 1.82) is 5.26 Å². The van der Waals surface area contributed by atoms with Crippen LogP contribution in [0.4, 0.5) is 5.69 Å². The molecule has 0 N–H and O–H groups in total. The monoisotopic (exact) mass is 234 g/mol. The fourth-order valence-electron chi connectivity index (χ4n) is 1.70. The standard InChI is InChI=1S/C16H14N2/c1-18(15-10-6-3-7-11-15)16(13-17)12-14-8-4-2-5-9-14/h2-12H,1H3/b16-12-. The highest BCUT2D eigenvalue weighted by atomic mass is 15.1. The largest absolute Gasteiger partial charge is 0.336 e. The fraction of sp³-hybridized carbons (Fsp3) is 0.0625. The highest BCUT2D eigenvalue weighted by Crippen LogP contribution is 2.18. The lowest BCUT2D eigenvalue weighted by molar-refractivity contribution is 1.15. The van der Waals surface area contributed by atoms with Gasteiger partial charge in [-0.3, -0.25) is 0 Å². The van der Waals surface area contributed by atoms with Gasteiger partial charge in [-0.2, -0.15) is 5.26 Å². The molecule has 0 spiro atoms. The first-order valence-electron chi connectivity index (χ1n) is 5.77. The summed E-state index contributed by atoms with van der Waals surface area (Å²) in [5, 5.41) is 9.26. The van der Waals surface area contributed by atoms with E-state index in [1.807, 2.05) is 78.7 Å². The van der Waals surface area contributed by atoms with Crippen LogP contribution in [-0.4, -0.2) is 7.05 Å². The molecule has 0 bridgehead atoms. The van der Waals surface area contributed by atoms with Gasteiger partial charge in [0.1, 0.15) is 11.8 Å². The van der Waals surface area contributed by atoms with E-state index in [1.54, 1.807) is 0 Å². The number of allylic oxidation sites excluding steroid dienone is 1. The lowest BCUT2D eigenvalue weighted by Gasteiger charge is -2.17. The Morgan fingerprint density at radius 1 is 1.00 bits per heavy atom. The summed E-state index contributed by atoms with van der Waals surface area (Å²) in [6.07, 6.45) is 1.88. The van der Waals surface area contributed by atoms with Crippen molar-refractivity contribution in [2.24, 2.45) is 0 Å². The van der Waals surface area contributed by atoms with E-state index in [0.717, 1.165) is 11.3 Å². The third-order valence-electron chi connectivity index (χ3n) is 2.72. The predicted molar refractivity (Wildman–Crippen MR) is 74.9 cm³/mol. The van der Waals surface area contributed by atoms with E-state index in [4.69, 9.17) is 0 Å². The average molecular weight is 234 g/mol. The molecular formula is C16H14N2. The quantitative estimate of drug-likeness (QED) is 0.757. The van der Waals surface area contributed by atoms with Crippen molar-refractivity contribution in [2.75, 3.05) is 11.9 Å². The van der Waals surface area contributed by atoms with Crippen LogP contribution in [0.1, 0.15) is 5.56 Å². The molecule has 2 rings (SSSR count). The second-order valence-electron chi connectivity index (χ2n) is 3.95. The highest BCUT2D eigenvalue weighted by Gasteiger charge is 2.05. The third kappa shape index (κ3) is 2.78. The first kappa shape index (κ1) is 11.9. The maximum absolute atomic E-state index is 9.26. The molecule has 0 fully saturated rings. The van der Waals surface area contributed by atoms with Gasteiger partial charge < -0.3 is 4.90 Å². The predicted octanol–water partition coefficient (Wildman–Crippen LogP) is 3.69. The normalized spacial score (nSPS) is 10.8. The van der Waals surface area contributed by atoms with Gasteiger partial charge in [-0.05, 0) is 23.8 Å². The summed E-state index contributed by atoms with van der Waals surface area (Å²) in [4.78, 5) is 1.88. The maximum Gasteiger partial charge on any atom is 0.120 e. The molecule has 2 nitrogen and oxygen atoms in total. The Bertz CT molecular complexity index is 565. The second-order valence-corrected chi connectivity index (χ2v) is 3.95. The van der Waals surface area contributed by atoms with Gasteiger partial charge in [0, 0.05) is 12.7 Å². The van der Waals surface area contributed by atoms with Crippen LogP contribution >= 0.6 is 0 Å². The molecule has 0 radical (unpaired) electrons. The minimum absolute atomic E-state index is 0.618. The number of rotatable bonds is 3. The van der Waals surface area contributed by atoms with E-state index in [0.29, 0.717) is 5.70 Å². The molecule has 0 heterocycles. The summed E-state index contributed by atoms with van der Waals surface area (Å²) in [6.45, 7) is 0. The molecule has 18 heavy (non-hydrogen) atoms. The first-order chi connectivity index (χ1) is 8.81. The molecule has 0 atom stereocenters. The van der Waals surface area contributed by atoms with Crippen molar-refractivity contribution in [2.45, 2.75) is 0 Å². The molecule has 0 aliphatic heterocycles. The summed E-state index contributed by atoms with van der Waals surface area (Å²) in [7, 11) is 1.90. The second kappa shape index (κ2) is 5.70. The number of hydrogen-bond donors (Lipinski definition) is 0. The van der Waals surface area contributed by atoms with Crippen LogP contribution in [0.2, 0.25) is 0 Å². The zero-order valence-electron chi connectivity index (χ0n) is 10.2. The Morgan fingerprint density at radius 2 is 1.56 bits per heavy atom. The molecule has 0 unspecified atom stereocenters. The molecule has 0 amide bonds. The lowest BCUT2D eigenvalue weighted by Crippen LogP contribution is -2.14. The van der Waals surface area contributed by atoms with Gasteiger partial charge in [0.05, 0.1) is 0 Å². The Morgan fingerprint density at radius 3 is 2.11 bits per heavy atom. The summed E-state index contributed by atoms with van der Waals surface area (Å²) < 4.78 is 0. The first-order valence-corrected chi connectivity index (χ1v) is 5.77. The van der Waals surface area contributed by atoms with Gasteiger partial charge in [-0.25, -0.2) is 0 Å². The van der Waals surface area contributed by atoms with E-state index >= 15 is 0 Å². The molecule has 0 aromatic heterocycles. The van der Waals surface area contributed by atoms with Crippen molar-refractivity contribution in [3.05, 3.63) is 71.9 Å². The van der Waals surface area contributed by atoms with Gasteiger partial charge in [-0.1, -0.05) is 48.5 Å². The van der Waals surface area contributed by atoms with E-state index in [9.17, 15) is 5.26 Å². The number of nitrogens with zero attached hydrogens (tertiary/aromatic N) is 2. The summed E-state index contributed by atoms with van der Waals surface area (Å²) in [6, 6.07) is 21.9. The van der Waals surface area contributed by atoms with Crippen molar-refractivity contribution in [3.63, 3.8) is 0 Å². The third-order valence-corrected chi connectivity index (χ3v) is 2.72. The van der Waals surface area contributed by atoms with Crippen LogP contribution in [0.3, 0.4) is 0 Å². The van der Waals surface area contributed by atoms with E-state index in [-0.39, 0.29) is 0 Å². The van der Waals surface area contributed by atoms with Gasteiger partial charge in [-0.15, -0.1) is 0 Å². The smallest absolute Gasteiger partial charge is 0.120 e. The van der Waals surface area contributed by atoms with Crippen molar-refractivity contribution >= 4 is 11.8 Å². The fourth-order valence-corrected chi connectivity index (χ4v) is 1.70. The van der Waals surface area contributed by atoms with Crippen molar-refractivity contribution < 1.29 is 0 Å². The molecular weight excluding hydrogens is 220 g/mol. The minimum Gasteiger partial charge on any atom is -0.336 e. The number of benzene rings is 2. The zero-order valence-corrected chi connectivity index (χ0v) is 10.2. The number of nitriles is 1. The molecule has 0 aliphatic carbocycles. The Hall–Kier alpha value is -2.53. The minimum atomic E-state index is 0.618. The molecule has 0 saturated carbocycles. The van der Waals surface area contributed by atoms with Crippen molar-refractivity contribution in [1.82, 2.24) is 0 Å². The summed E-state index contributed by atoms with van der Waals surface area (Å²) >= 11 is 0. The van der Waals surface area contributed by atoms with Crippen LogP contribution in [0.15, 0.2) is 66.4 Å². The van der Waals surface area contributed by atoms with E-state index in [2.05, 4.69) is 6.07 Å². The Balaban J connectivity index is 2.30. The van der Waals surface area contributed by atoms with Crippen molar-refractivity contribution in [3.8, 4) is 6.07 Å². The number of para-hydroxylation sites is 1. The van der Waals surface area contributed by atoms with Crippen LogP contribution < -0.4 is 4.90 Å². The zero-order chi connectivity index (χ0) is 12.8. The molecule has 2 aromatic carbocycles. The number of hydrogen-bond acceptors (Lipinski definition) is 2. The highest BCUT2D eigenvalue weighted by molar-refractivity contribution is 5.65. The van der Waals surface area contributed by atoms with E-state index < -0.39 is 0 Å². The molecule has 2 heteroatoms. The summed E-state index contributed by atoms with van der Waals surface area (Å²) in [5.41, 5.74) is 2.64. The van der Waals surface area contributed by atoms with Crippen LogP contribution in [-0.2, 0) is 0 Å². The van der Waals surface area contributed by atoms with Gasteiger partial charge >= 0.3 is 0 Å². The molecule has 0 saturated heterocycles. The molecule has 88 valence electrons. The van der Waals surface area contributed by atoms with Crippen LogP contribution in [0.25, 0.3) is 6.08 Å². The molecule has 2 aromatic rings. The van der Waals surface area contributed by atoms with Gasteiger partial charge in [0.25, 0.3) is 0 Å². The SMILES string of the molecule is CN(/C(C#N)=C\c1ccccc1)c1ccccc1. The lowest BCUT2D eigenvalue weighted by atomic mass is 10.2. The van der Waals surface area contributed by atoms with Crippen LogP contribution in [0, 0.1) is 11.3 Å². The van der Waals surface area contributed by atoms with Gasteiger partial charge in [0.15, 0.2) is 0 Å². The topological polar surface area (TPSA) is 27.0 Å². The molecule has 0 aliphatic rings. The Labute approximate surface area is 107 Å². The Kier molecular flexibility index (Phi) is 3.78. The summed E-state index contributed by atoms with van der Waals surface area (Å²) in [5.74, 6) is 0. The number of anilines is 1. The van der Waals surface area contributed by atoms with Gasteiger partial charge in [0.2, 0.25) is 0 Å². The average Bonchev–Trinajstić information content (AvgIpc) is 2.46. The van der Waals surface area contributed by atoms with E-state index in [1.165, 1.54) is 0 Å².